The Morgan fingerprint density at radius 1 is 1.05 bits per heavy atom. The Labute approximate surface area is 120 Å². The third-order valence-corrected chi connectivity index (χ3v) is 2.94. The van der Waals surface area contributed by atoms with Gasteiger partial charge in [0.05, 0.1) is 13.2 Å². The molecule has 20 heavy (non-hydrogen) atoms. The van der Waals surface area contributed by atoms with Gasteiger partial charge >= 0.3 is 0 Å². The summed E-state index contributed by atoms with van der Waals surface area (Å²) in [6, 6.07) is 5.92. The second kappa shape index (κ2) is 8.92. The predicted molar refractivity (Wildman–Crippen MR) is 78.0 cm³/mol. The molecule has 0 fully saturated rings. The molecule has 0 saturated carbocycles. The van der Waals surface area contributed by atoms with E-state index in [0.717, 1.165) is 16.9 Å². The first-order valence-electron chi connectivity index (χ1n) is 6.88. The molecule has 0 aliphatic heterocycles. The maximum atomic E-state index is 9.94. The van der Waals surface area contributed by atoms with Gasteiger partial charge in [-0.25, -0.2) is 0 Å². The molecule has 114 valence electrons. The van der Waals surface area contributed by atoms with Gasteiger partial charge in [-0.05, 0) is 37.1 Å². The van der Waals surface area contributed by atoms with E-state index < -0.39 is 6.10 Å². The molecule has 1 aromatic carbocycles. The van der Waals surface area contributed by atoms with Crippen LogP contribution in [0.5, 0.6) is 5.75 Å². The molecule has 0 radical (unpaired) electrons. The molecular formula is C15H25NO4. The Morgan fingerprint density at radius 2 is 1.60 bits per heavy atom. The van der Waals surface area contributed by atoms with Crippen molar-refractivity contribution >= 4 is 0 Å². The monoisotopic (exact) mass is 283 g/mol. The smallest absolute Gasteiger partial charge is 0.119 e. The largest absolute Gasteiger partial charge is 0.491 e. The van der Waals surface area contributed by atoms with Crippen LogP contribution in [0.2, 0.25) is 0 Å². The zero-order valence-corrected chi connectivity index (χ0v) is 12.2. The lowest BCUT2D eigenvalue weighted by Crippen LogP contribution is -2.38. The maximum Gasteiger partial charge on any atom is 0.119 e. The number of aryl methyl sites for hydroxylation is 2. The summed E-state index contributed by atoms with van der Waals surface area (Å²) in [6.07, 6.45) is -0.658. The summed E-state index contributed by atoms with van der Waals surface area (Å²) in [6.45, 7) is 5.43. The van der Waals surface area contributed by atoms with E-state index in [2.05, 4.69) is 6.07 Å². The quantitative estimate of drug-likeness (QED) is 0.609. The number of ether oxygens (including phenoxy) is 1. The molecule has 0 heterocycles. The number of aliphatic hydroxyl groups is 3. The minimum Gasteiger partial charge on any atom is -0.491 e. The third kappa shape index (κ3) is 6.34. The van der Waals surface area contributed by atoms with E-state index in [9.17, 15) is 5.11 Å². The summed E-state index contributed by atoms with van der Waals surface area (Å²) in [4.78, 5) is 1.80. The summed E-state index contributed by atoms with van der Waals surface area (Å²) in [5.41, 5.74) is 2.24. The van der Waals surface area contributed by atoms with E-state index in [1.54, 1.807) is 4.90 Å². The van der Waals surface area contributed by atoms with Crippen molar-refractivity contribution in [2.24, 2.45) is 0 Å². The van der Waals surface area contributed by atoms with Crippen LogP contribution in [0.25, 0.3) is 0 Å². The van der Waals surface area contributed by atoms with Crippen LogP contribution in [0, 0.1) is 13.8 Å². The molecule has 1 atom stereocenters. The first-order chi connectivity index (χ1) is 9.55. The van der Waals surface area contributed by atoms with E-state index in [1.807, 2.05) is 26.0 Å². The predicted octanol–water partition coefficient (Wildman–Crippen LogP) is 0.330. The summed E-state index contributed by atoms with van der Waals surface area (Å²) < 4.78 is 5.58. The van der Waals surface area contributed by atoms with Gasteiger partial charge in [0, 0.05) is 19.6 Å². The van der Waals surface area contributed by atoms with Crippen LogP contribution in [0.4, 0.5) is 0 Å². The molecular weight excluding hydrogens is 258 g/mol. The second-order valence-electron chi connectivity index (χ2n) is 5.04. The van der Waals surface area contributed by atoms with Crippen LogP contribution in [-0.2, 0) is 0 Å². The lowest BCUT2D eigenvalue weighted by Gasteiger charge is -2.23. The summed E-state index contributed by atoms with van der Waals surface area (Å²) in [5, 5.41) is 27.8. The van der Waals surface area contributed by atoms with Gasteiger partial charge < -0.3 is 20.1 Å². The van der Waals surface area contributed by atoms with Crippen LogP contribution in [0.1, 0.15) is 11.1 Å². The van der Waals surface area contributed by atoms with Gasteiger partial charge in [0.2, 0.25) is 0 Å². The van der Waals surface area contributed by atoms with Gasteiger partial charge in [-0.2, -0.15) is 0 Å². The lowest BCUT2D eigenvalue weighted by molar-refractivity contribution is 0.0552. The van der Waals surface area contributed by atoms with Gasteiger partial charge in [-0.1, -0.05) is 6.07 Å². The molecule has 0 aliphatic carbocycles. The van der Waals surface area contributed by atoms with Crippen LogP contribution >= 0.6 is 0 Å². The SMILES string of the molecule is Cc1cc(C)cc(OCC(O)CN(CCO)CCO)c1. The first kappa shape index (κ1) is 16.9. The number of benzene rings is 1. The highest BCUT2D eigenvalue weighted by Crippen LogP contribution is 2.16. The molecule has 3 N–H and O–H groups in total. The highest BCUT2D eigenvalue weighted by atomic mass is 16.5. The fraction of sp³-hybridized carbons (Fsp3) is 0.600. The standard InChI is InChI=1S/C15H25NO4/c1-12-7-13(2)9-15(8-12)20-11-14(19)10-16(3-5-17)4-6-18/h7-9,14,17-19H,3-6,10-11H2,1-2H3. The van der Waals surface area contributed by atoms with Crippen molar-refractivity contribution in [3.8, 4) is 5.75 Å². The van der Waals surface area contributed by atoms with E-state index in [-0.39, 0.29) is 19.8 Å². The zero-order valence-electron chi connectivity index (χ0n) is 12.2. The van der Waals surface area contributed by atoms with E-state index >= 15 is 0 Å². The molecule has 1 aromatic rings. The van der Waals surface area contributed by atoms with Crippen molar-refractivity contribution in [1.29, 1.82) is 0 Å². The fourth-order valence-electron chi connectivity index (χ4n) is 2.14. The minimum absolute atomic E-state index is 0.00461. The highest BCUT2D eigenvalue weighted by Gasteiger charge is 2.12. The van der Waals surface area contributed by atoms with Crippen molar-refractivity contribution in [1.82, 2.24) is 4.90 Å². The van der Waals surface area contributed by atoms with Gasteiger partial charge in [0.15, 0.2) is 0 Å². The van der Waals surface area contributed by atoms with Crippen molar-refractivity contribution < 1.29 is 20.1 Å². The normalized spacial score (nSPS) is 12.7. The van der Waals surface area contributed by atoms with E-state index in [1.165, 1.54) is 0 Å². The Balaban J connectivity index is 2.43. The molecule has 1 unspecified atom stereocenters. The average Bonchev–Trinajstić information content (AvgIpc) is 2.36. The maximum absolute atomic E-state index is 9.94. The van der Waals surface area contributed by atoms with Crippen LogP contribution in [0.15, 0.2) is 18.2 Å². The molecule has 0 spiro atoms. The van der Waals surface area contributed by atoms with Gasteiger partial charge in [-0.3, -0.25) is 4.90 Å². The number of hydrogen-bond donors (Lipinski definition) is 3. The molecule has 1 rings (SSSR count). The van der Waals surface area contributed by atoms with Crippen LogP contribution in [-0.4, -0.2) is 65.8 Å². The highest BCUT2D eigenvalue weighted by molar-refractivity contribution is 5.32. The van der Waals surface area contributed by atoms with Gasteiger partial charge in [-0.15, -0.1) is 0 Å². The van der Waals surface area contributed by atoms with Crippen molar-refractivity contribution in [2.45, 2.75) is 20.0 Å². The zero-order chi connectivity index (χ0) is 15.0. The Hall–Kier alpha value is -1.14. The topological polar surface area (TPSA) is 73.2 Å². The van der Waals surface area contributed by atoms with Crippen LogP contribution in [0.3, 0.4) is 0 Å². The van der Waals surface area contributed by atoms with Gasteiger partial charge in [0.25, 0.3) is 0 Å². The first-order valence-corrected chi connectivity index (χ1v) is 6.88. The second-order valence-corrected chi connectivity index (χ2v) is 5.04. The van der Waals surface area contributed by atoms with E-state index in [0.29, 0.717) is 19.6 Å². The molecule has 0 aliphatic rings. The average molecular weight is 283 g/mol. The third-order valence-electron chi connectivity index (χ3n) is 2.94. The van der Waals surface area contributed by atoms with Crippen molar-refractivity contribution in [2.75, 3.05) is 39.5 Å². The molecule has 5 heteroatoms. The molecule has 0 bridgehead atoms. The number of aliphatic hydroxyl groups excluding tert-OH is 3. The number of rotatable bonds is 9. The Bertz CT molecular complexity index is 371. The Morgan fingerprint density at radius 3 is 2.10 bits per heavy atom. The lowest BCUT2D eigenvalue weighted by atomic mass is 10.1. The molecule has 0 saturated heterocycles. The van der Waals surface area contributed by atoms with Crippen molar-refractivity contribution in [3.63, 3.8) is 0 Å². The minimum atomic E-state index is -0.658. The summed E-state index contributed by atoms with van der Waals surface area (Å²) >= 11 is 0. The summed E-state index contributed by atoms with van der Waals surface area (Å²) in [5.74, 6) is 0.748. The van der Waals surface area contributed by atoms with Crippen LogP contribution < -0.4 is 4.74 Å². The van der Waals surface area contributed by atoms with E-state index in [4.69, 9.17) is 14.9 Å². The Kier molecular flexibility index (Phi) is 7.54. The molecule has 0 amide bonds. The van der Waals surface area contributed by atoms with Gasteiger partial charge in [0.1, 0.15) is 18.5 Å². The molecule has 0 aromatic heterocycles. The number of nitrogens with zero attached hydrogens (tertiary/aromatic N) is 1. The summed E-state index contributed by atoms with van der Waals surface area (Å²) in [7, 11) is 0. The number of hydrogen-bond acceptors (Lipinski definition) is 5. The van der Waals surface area contributed by atoms with Crippen molar-refractivity contribution in [3.05, 3.63) is 29.3 Å². The molecule has 5 nitrogen and oxygen atoms in total. The fourth-order valence-corrected chi connectivity index (χ4v) is 2.14.